The van der Waals surface area contributed by atoms with Gasteiger partial charge in [0.15, 0.2) is 0 Å². The number of anilines is 1. The molecule has 1 aromatic rings. The first-order valence-electron chi connectivity index (χ1n) is 10.7. The summed E-state index contributed by atoms with van der Waals surface area (Å²) < 4.78 is 0. The Morgan fingerprint density at radius 1 is 1.07 bits per heavy atom. The van der Waals surface area contributed by atoms with Crippen molar-refractivity contribution in [3.05, 3.63) is 29.8 Å². The molecule has 0 saturated carbocycles. The summed E-state index contributed by atoms with van der Waals surface area (Å²) in [6.07, 6.45) is 2.96. The van der Waals surface area contributed by atoms with Crippen molar-refractivity contribution in [1.29, 1.82) is 0 Å². The maximum atomic E-state index is 12.6. The third-order valence-electron chi connectivity index (χ3n) is 6.03. The third-order valence-corrected chi connectivity index (χ3v) is 6.03. The second kappa shape index (κ2) is 13.3. The minimum Gasteiger partial charge on any atom is -0.369 e. The molecule has 0 aliphatic carbocycles. The first-order valence-corrected chi connectivity index (χ1v) is 10.7. The van der Waals surface area contributed by atoms with Crippen LogP contribution in [0.15, 0.2) is 24.3 Å². The summed E-state index contributed by atoms with van der Waals surface area (Å²) in [6.45, 7) is 13.4. The first-order chi connectivity index (χ1) is 13.2. The fourth-order valence-corrected chi connectivity index (χ4v) is 4.20. The molecule has 2 fully saturated rings. The molecule has 0 unspecified atom stereocenters. The van der Waals surface area contributed by atoms with Crippen LogP contribution in [0.5, 0.6) is 0 Å². The number of carbonyl (C=O) groups is 1. The molecule has 1 aromatic carbocycles. The molecule has 1 N–H and O–H groups in total. The summed E-state index contributed by atoms with van der Waals surface area (Å²) >= 11 is 0. The molecule has 1 amide bonds. The lowest BCUT2D eigenvalue weighted by Gasteiger charge is -2.37. The Kier molecular flexibility index (Phi) is 12.0. The molecule has 5 nitrogen and oxygen atoms in total. The molecule has 2 aliphatic rings. The normalized spacial score (nSPS) is 18.1. The Balaban J connectivity index is 0.00000210. The van der Waals surface area contributed by atoms with Crippen LogP contribution in [-0.2, 0) is 4.79 Å². The predicted molar refractivity (Wildman–Crippen MR) is 127 cm³/mol. The Morgan fingerprint density at radius 2 is 1.76 bits per heavy atom. The van der Waals surface area contributed by atoms with Crippen molar-refractivity contribution in [1.82, 2.24) is 15.1 Å². The van der Waals surface area contributed by atoms with E-state index in [2.05, 4.69) is 58.1 Å². The first kappa shape index (κ1) is 26.0. The van der Waals surface area contributed by atoms with Gasteiger partial charge < -0.3 is 15.1 Å². The summed E-state index contributed by atoms with van der Waals surface area (Å²) in [5.41, 5.74) is 2.64. The lowest BCUT2D eigenvalue weighted by molar-refractivity contribution is -0.132. The van der Waals surface area contributed by atoms with E-state index in [0.29, 0.717) is 12.3 Å². The van der Waals surface area contributed by atoms with Gasteiger partial charge in [0.25, 0.3) is 0 Å². The van der Waals surface area contributed by atoms with E-state index < -0.39 is 0 Å². The van der Waals surface area contributed by atoms with Gasteiger partial charge in [-0.1, -0.05) is 19.1 Å². The molecule has 2 saturated heterocycles. The van der Waals surface area contributed by atoms with Gasteiger partial charge in [-0.2, -0.15) is 0 Å². The monoisotopic (exact) mass is 444 g/mol. The maximum Gasteiger partial charge on any atom is 0.223 e. The number of halogens is 2. The van der Waals surface area contributed by atoms with Gasteiger partial charge in [0.05, 0.1) is 0 Å². The van der Waals surface area contributed by atoms with Gasteiger partial charge in [0.1, 0.15) is 0 Å². The highest BCUT2D eigenvalue weighted by molar-refractivity contribution is 5.85. The topological polar surface area (TPSA) is 38.8 Å². The van der Waals surface area contributed by atoms with E-state index >= 15 is 0 Å². The second-order valence-electron chi connectivity index (χ2n) is 8.05. The number of carbonyl (C=O) groups excluding carboxylic acids is 1. The molecule has 7 heteroatoms. The summed E-state index contributed by atoms with van der Waals surface area (Å²) in [6, 6.07) is 8.75. The third kappa shape index (κ3) is 7.97. The molecule has 0 radical (unpaired) electrons. The van der Waals surface area contributed by atoms with E-state index in [1.165, 1.54) is 11.3 Å². The van der Waals surface area contributed by atoms with E-state index in [-0.39, 0.29) is 24.8 Å². The number of benzene rings is 1. The molecule has 166 valence electrons. The van der Waals surface area contributed by atoms with Crippen molar-refractivity contribution in [3.8, 4) is 0 Å². The largest absolute Gasteiger partial charge is 0.369 e. The summed E-state index contributed by atoms with van der Waals surface area (Å²) in [5.74, 6) is 1.08. The molecule has 2 heterocycles. The van der Waals surface area contributed by atoms with Crippen LogP contribution >= 0.6 is 24.8 Å². The molecule has 3 rings (SSSR count). The van der Waals surface area contributed by atoms with E-state index in [0.717, 1.165) is 77.7 Å². The average molecular weight is 445 g/mol. The van der Waals surface area contributed by atoms with Crippen LogP contribution in [0.2, 0.25) is 0 Å². The zero-order valence-electron chi connectivity index (χ0n) is 17.9. The van der Waals surface area contributed by atoms with Crippen LogP contribution in [0.1, 0.15) is 31.7 Å². The molecule has 0 bridgehead atoms. The Morgan fingerprint density at radius 3 is 2.38 bits per heavy atom. The van der Waals surface area contributed by atoms with Gasteiger partial charge in [-0.3, -0.25) is 9.69 Å². The molecule has 0 aromatic heterocycles. The number of piperazine rings is 1. The molecule has 29 heavy (non-hydrogen) atoms. The van der Waals surface area contributed by atoms with E-state index in [4.69, 9.17) is 0 Å². The second-order valence-corrected chi connectivity index (χ2v) is 8.05. The summed E-state index contributed by atoms with van der Waals surface area (Å²) in [7, 11) is 0. The molecule has 0 atom stereocenters. The highest BCUT2D eigenvalue weighted by Crippen LogP contribution is 2.19. The molecule has 0 spiro atoms. The average Bonchev–Trinajstić information content (AvgIpc) is 2.71. The van der Waals surface area contributed by atoms with Crippen molar-refractivity contribution >= 4 is 36.4 Å². The van der Waals surface area contributed by atoms with Gasteiger partial charge in [0.2, 0.25) is 5.91 Å². The van der Waals surface area contributed by atoms with Crippen LogP contribution in [0.3, 0.4) is 0 Å². The van der Waals surface area contributed by atoms with Crippen molar-refractivity contribution in [3.63, 3.8) is 0 Å². The number of hydrogen-bond donors (Lipinski definition) is 1. The van der Waals surface area contributed by atoms with Gasteiger partial charge in [0, 0.05) is 57.9 Å². The highest BCUT2D eigenvalue weighted by Gasteiger charge is 2.23. The van der Waals surface area contributed by atoms with Crippen molar-refractivity contribution in [2.45, 2.75) is 33.1 Å². The smallest absolute Gasteiger partial charge is 0.223 e. The maximum absolute atomic E-state index is 12.6. The minimum absolute atomic E-state index is 0. The minimum atomic E-state index is 0. The standard InChI is InChI=1S/C22H36N4O.2ClH/c1-3-23-18-20-7-11-26(12-8-20)22(27)9-10-24-13-15-25(16-14-24)21-6-4-5-19(2)17-21;;/h4-6,17,20,23H,3,7-16,18H2,1-2H3;2*1H. The quantitative estimate of drug-likeness (QED) is 0.700. The van der Waals surface area contributed by atoms with Crippen LogP contribution in [0.4, 0.5) is 5.69 Å². The number of piperidine rings is 1. The fraction of sp³-hybridized carbons (Fsp3) is 0.682. The van der Waals surface area contributed by atoms with Gasteiger partial charge in [-0.05, 0) is 56.5 Å². The molecule has 2 aliphatic heterocycles. The Hall–Kier alpha value is -1.01. The lowest BCUT2D eigenvalue weighted by Crippen LogP contribution is -2.48. The van der Waals surface area contributed by atoms with Gasteiger partial charge >= 0.3 is 0 Å². The summed E-state index contributed by atoms with van der Waals surface area (Å²) in [4.78, 5) is 19.6. The highest BCUT2D eigenvalue weighted by atomic mass is 35.5. The van der Waals surface area contributed by atoms with Crippen molar-refractivity contribution in [2.24, 2.45) is 5.92 Å². The van der Waals surface area contributed by atoms with E-state index in [1.807, 2.05) is 0 Å². The fourth-order valence-electron chi connectivity index (χ4n) is 4.20. The SMILES string of the molecule is CCNCC1CCN(C(=O)CCN2CCN(c3cccc(C)c3)CC2)CC1.Cl.Cl. The van der Waals surface area contributed by atoms with Crippen LogP contribution in [0, 0.1) is 12.8 Å². The number of rotatable bonds is 7. The van der Waals surface area contributed by atoms with Crippen LogP contribution < -0.4 is 10.2 Å². The zero-order chi connectivity index (χ0) is 19.1. The number of amides is 1. The summed E-state index contributed by atoms with van der Waals surface area (Å²) in [5, 5.41) is 3.43. The predicted octanol–water partition coefficient (Wildman–Crippen LogP) is 3.20. The van der Waals surface area contributed by atoms with Crippen LogP contribution in [-0.4, -0.2) is 74.6 Å². The number of likely N-dealkylation sites (tertiary alicyclic amines) is 1. The van der Waals surface area contributed by atoms with Gasteiger partial charge in [-0.15, -0.1) is 24.8 Å². The van der Waals surface area contributed by atoms with Crippen molar-refractivity contribution < 1.29 is 4.79 Å². The number of hydrogen-bond acceptors (Lipinski definition) is 4. The van der Waals surface area contributed by atoms with E-state index in [1.54, 1.807) is 0 Å². The van der Waals surface area contributed by atoms with Crippen LogP contribution in [0.25, 0.3) is 0 Å². The molecular weight excluding hydrogens is 407 g/mol. The van der Waals surface area contributed by atoms with Gasteiger partial charge in [-0.25, -0.2) is 0 Å². The Bertz CT molecular complexity index is 600. The number of aryl methyl sites for hydroxylation is 1. The lowest BCUT2D eigenvalue weighted by atomic mass is 9.96. The zero-order valence-corrected chi connectivity index (χ0v) is 19.6. The van der Waals surface area contributed by atoms with Crippen molar-refractivity contribution in [2.75, 3.05) is 63.8 Å². The number of nitrogens with one attached hydrogen (secondary N) is 1. The molecular formula is C22H38Cl2N4O. The Labute approximate surface area is 189 Å². The number of nitrogens with zero attached hydrogens (tertiary/aromatic N) is 3. The van der Waals surface area contributed by atoms with E-state index in [9.17, 15) is 4.79 Å².